The van der Waals surface area contributed by atoms with Crippen LogP contribution in [-0.2, 0) is 6.42 Å². The number of rotatable bonds is 3. The van der Waals surface area contributed by atoms with Crippen LogP contribution in [0.15, 0.2) is 54.6 Å². The molecule has 0 aromatic heterocycles. The summed E-state index contributed by atoms with van der Waals surface area (Å²) in [6.07, 6.45) is 4.88. The van der Waals surface area contributed by atoms with E-state index in [0.29, 0.717) is 0 Å². The molecule has 1 amide bonds. The number of fused-ring (bicyclic) bond motifs is 1. The van der Waals surface area contributed by atoms with Gasteiger partial charge >= 0.3 is 6.09 Å². The maximum absolute atomic E-state index is 8.78. The van der Waals surface area contributed by atoms with Crippen LogP contribution in [0.4, 0.5) is 10.5 Å². The van der Waals surface area contributed by atoms with E-state index < -0.39 is 6.09 Å². The summed E-state index contributed by atoms with van der Waals surface area (Å²) in [6.45, 7) is 2.13. The largest absolute Gasteiger partial charge is 0.483 e. The second-order valence-corrected chi connectivity index (χ2v) is 5.87. The number of primary amides is 1. The Bertz CT molecular complexity index is 725. The Hall–Kier alpha value is -2.95. The minimum atomic E-state index is -1.33. The molecule has 5 N–H and O–H groups in total. The van der Waals surface area contributed by atoms with E-state index >= 15 is 0 Å². The average Bonchev–Trinajstić information content (AvgIpc) is 2.54. The third kappa shape index (κ3) is 5.05. The molecule has 0 aliphatic carbocycles. The Kier molecular flexibility index (Phi) is 5.47. The molecule has 1 aliphatic rings. The smallest absolute Gasteiger partial charge is 0.402 e. The zero-order valence-electron chi connectivity index (χ0n) is 13.6. The van der Waals surface area contributed by atoms with Crippen molar-refractivity contribution in [3.05, 3.63) is 65.7 Å². The number of nitrogens with two attached hydrogens (primary N) is 2. The van der Waals surface area contributed by atoms with Crippen molar-refractivity contribution in [2.45, 2.75) is 25.4 Å². The Morgan fingerprint density at radius 2 is 1.88 bits per heavy atom. The Labute approximate surface area is 141 Å². The van der Waals surface area contributed by atoms with Crippen LogP contribution in [0.5, 0.6) is 5.75 Å². The van der Waals surface area contributed by atoms with Gasteiger partial charge in [-0.15, -0.1) is 0 Å². The Morgan fingerprint density at radius 3 is 2.54 bits per heavy atom. The monoisotopic (exact) mass is 326 g/mol. The minimum Gasteiger partial charge on any atom is -0.483 e. The molecular weight excluding hydrogens is 304 g/mol. The van der Waals surface area contributed by atoms with Gasteiger partial charge in [-0.1, -0.05) is 36.4 Å². The molecule has 3 rings (SSSR count). The fourth-order valence-corrected chi connectivity index (χ4v) is 2.51. The van der Waals surface area contributed by atoms with Gasteiger partial charge in [0.15, 0.2) is 0 Å². The molecule has 1 aliphatic heterocycles. The fraction of sp³-hybridized carbons (Fsp3) is 0.211. The van der Waals surface area contributed by atoms with Crippen LogP contribution < -0.4 is 16.2 Å². The number of amides is 1. The lowest BCUT2D eigenvalue weighted by Gasteiger charge is -2.32. The first-order chi connectivity index (χ1) is 11.4. The zero-order chi connectivity index (χ0) is 17.6. The van der Waals surface area contributed by atoms with Crippen molar-refractivity contribution in [3.63, 3.8) is 0 Å². The van der Waals surface area contributed by atoms with Crippen LogP contribution >= 0.6 is 0 Å². The lowest BCUT2D eigenvalue weighted by molar-refractivity contribution is 0.128. The lowest BCUT2D eigenvalue weighted by atomic mass is 9.93. The quantitative estimate of drug-likeness (QED) is 0.749. The van der Waals surface area contributed by atoms with Crippen LogP contribution in [0.2, 0.25) is 0 Å². The fourth-order valence-electron chi connectivity index (χ4n) is 2.51. The number of anilines is 1. The van der Waals surface area contributed by atoms with E-state index in [0.717, 1.165) is 29.8 Å². The van der Waals surface area contributed by atoms with Gasteiger partial charge in [-0.25, -0.2) is 4.79 Å². The van der Waals surface area contributed by atoms with E-state index in [1.54, 1.807) is 0 Å². The first-order valence-electron chi connectivity index (χ1n) is 7.68. The van der Waals surface area contributed by atoms with E-state index in [1.807, 2.05) is 24.3 Å². The van der Waals surface area contributed by atoms with Crippen LogP contribution in [0, 0.1) is 0 Å². The molecule has 0 saturated carbocycles. The summed E-state index contributed by atoms with van der Waals surface area (Å²) < 4.78 is 6.15. The number of ether oxygens (including phenoxy) is 1. The molecule has 1 heterocycles. The molecule has 0 bridgehead atoms. The van der Waals surface area contributed by atoms with Crippen molar-refractivity contribution in [2.24, 2.45) is 5.73 Å². The van der Waals surface area contributed by atoms with Crippen LogP contribution in [0.25, 0.3) is 6.08 Å². The molecule has 0 fully saturated rings. The highest BCUT2D eigenvalue weighted by Gasteiger charge is 2.27. The van der Waals surface area contributed by atoms with E-state index in [1.165, 1.54) is 5.56 Å². The van der Waals surface area contributed by atoms with E-state index in [9.17, 15) is 0 Å². The number of hydrogen-bond donors (Lipinski definition) is 3. The lowest BCUT2D eigenvalue weighted by Crippen LogP contribution is -2.32. The molecular formula is C19H22N2O3. The highest BCUT2D eigenvalue weighted by atomic mass is 16.5. The Balaban J connectivity index is 0.000000471. The van der Waals surface area contributed by atoms with Crippen LogP contribution in [-0.4, -0.2) is 16.8 Å². The standard InChI is InChI=1S/C18H19NO.CH3NO2/c1-18(11-9-14-5-3-2-4-6-14)12-10-15-13-16(19)7-8-17(15)20-18;2-1(3)4/h2-8,10,12-13H,9,11,19H2,1H3;2H2,(H,3,4). The van der Waals surface area contributed by atoms with Crippen molar-refractivity contribution < 1.29 is 14.6 Å². The predicted octanol–water partition coefficient (Wildman–Crippen LogP) is 3.69. The SMILES string of the molecule is CC1(CCc2ccccc2)C=Cc2cc(N)ccc2O1.NC(=O)O. The molecule has 1 unspecified atom stereocenters. The van der Waals surface area contributed by atoms with Gasteiger partial charge in [0.2, 0.25) is 0 Å². The highest BCUT2D eigenvalue weighted by Crippen LogP contribution is 2.34. The van der Waals surface area contributed by atoms with Gasteiger partial charge < -0.3 is 21.3 Å². The van der Waals surface area contributed by atoms with Crippen molar-refractivity contribution in [1.82, 2.24) is 0 Å². The third-order valence-corrected chi connectivity index (χ3v) is 3.75. The number of nitrogen functional groups attached to an aromatic ring is 1. The zero-order valence-corrected chi connectivity index (χ0v) is 13.6. The first kappa shape index (κ1) is 17.4. The third-order valence-electron chi connectivity index (χ3n) is 3.75. The molecule has 126 valence electrons. The number of aryl methyl sites for hydroxylation is 1. The minimum absolute atomic E-state index is 0.251. The number of carbonyl (C=O) groups is 1. The van der Waals surface area contributed by atoms with E-state index in [4.69, 9.17) is 20.4 Å². The predicted molar refractivity (Wildman–Crippen MR) is 95.9 cm³/mol. The van der Waals surface area contributed by atoms with E-state index in [-0.39, 0.29) is 5.60 Å². The second-order valence-electron chi connectivity index (χ2n) is 5.87. The van der Waals surface area contributed by atoms with Crippen LogP contribution in [0.1, 0.15) is 24.5 Å². The summed E-state index contributed by atoms with van der Waals surface area (Å²) in [5.74, 6) is 0.914. The average molecular weight is 326 g/mol. The molecule has 2 aromatic rings. The molecule has 0 radical (unpaired) electrons. The molecule has 5 nitrogen and oxygen atoms in total. The summed E-state index contributed by atoms with van der Waals surface area (Å²) in [7, 11) is 0. The molecule has 5 heteroatoms. The van der Waals surface area contributed by atoms with Gasteiger partial charge in [-0.05, 0) is 49.6 Å². The van der Waals surface area contributed by atoms with Gasteiger partial charge in [-0.2, -0.15) is 0 Å². The summed E-state index contributed by atoms with van der Waals surface area (Å²) in [4.78, 5) is 8.78. The van der Waals surface area contributed by atoms with Crippen molar-refractivity contribution in [3.8, 4) is 5.75 Å². The maximum atomic E-state index is 8.78. The number of carboxylic acid groups (broad SMARTS) is 1. The highest BCUT2D eigenvalue weighted by molar-refractivity contribution is 5.65. The molecule has 0 spiro atoms. The van der Waals surface area contributed by atoms with E-state index in [2.05, 4.69) is 49.1 Å². The molecule has 2 aromatic carbocycles. The summed E-state index contributed by atoms with van der Waals surface area (Å²) in [5, 5.41) is 7.19. The number of hydrogen-bond acceptors (Lipinski definition) is 3. The topological polar surface area (TPSA) is 98.6 Å². The van der Waals surface area contributed by atoms with Gasteiger partial charge in [0.1, 0.15) is 11.4 Å². The van der Waals surface area contributed by atoms with Crippen molar-refractivity contribution in [1.29, 1.82) is 0 Å². The van der Waals surface area contributed by atoms with Gasteiger partial charge in [0.05, 0.1) is 0 Å². The molecule has 0 saturated heterocycles. The molecule has 24 heavy (non-hydrogen) atoms. The summed E-state index contributed by atoms with van der Waals surface area (Å²) in [5.41, 5.74) is 12.7. The summed E-state index contributed by atoms with van der Waals surface area (Å²) in [6, 6.07) is 16.3. The summed E-state index contributed by atoms with van der Waals surface area (Å²) >= 11 is 0. The first-order valence-corrected chi connectivity index (χ1v) is 7.68. The Morgan fingerprint density at radius 1 is 1.21 bits per heavy atom. The maximum Gasteiger partial charge on any atom is 0.402 e. The van der Waals surface area contributed by atoms with Crippen LogP contribution in [0.3, 0.4) is 0 Å². The molecule has 1 atom stereocenters. The normalized spacial score (nSPS) is 17.9. The van der Waals surface area contributed by atoms with Gasteiger partial charge in [0.25, 0.3) is 0 Å². The van der Waals surface area contributed by atoms with Gasteiger partial charge in [0, 0.05) is 11.3 Å². The number of benzene rings is 2. The van der Waals surface area contributed by atoms with Gasteiger partial charge in [-0.3, -0.25) is 0 Å². The second kappa shape index (κ2) is 7.55. The van der Waals surface area contributed by atoms with Crippen molar-refractivity contribution >= 4 is 17.9 Å². The van der Waals surface area contributed by atoms with Crippen molar-refractivity contribution in [2.75, 3.05) is 5.73 Å².